The van der Waals surface area contributed by atoms with Gasteiger partial charge in [-0.2, -0.15) is 0 Å². The monoisotopic (exact) mass is 514 g/mol. The topological polar surface area (TPSA) is 60.6 Å². The van der Waals surface area contributed by atoms with E-state index in [9.17, 15) is 4.39 Å². The summed E-state index contributed by atoms with van der Waals surface area (Å²) in [5, 5.41) is 5.23. The van der Waals surface area contributed by atoms with Crippen LogP contribution in [0, 0.1) is 5.82 Å². The lowest BCUT2D eigenvalue weighted by atomic mass is 10.1. The molecule has 0 aliphatic carbocycles. The number of unbranched alkanes of at least 4 members (excludes halogenated alkanes) is 1. The number of hydrogen-bond donors (Lipinski definition) is 1. The van der Waals surface area contributed by atoms with E-state index in [1.54, 1.807) is 18.3 Å². The van der Waals surface area contributed by atoms with Crippen molar-refractivity contribution in [2.75, 3.05) is 11.9 Å². The molecule has 5 aromatic rings. The molecule has 0 saturated carbocycles. The van der Waals surface area contributed by atoms with E-state index in [-0.39, 0.29) is 11.9 Å². The number of aryl methyl sites for hydroxylation is 1. The van der Waals surface area contributed by atoms with Crippen LogP contribution in [0.15, 0.2) is 67.0 Å². The number of halogens is 2. The minimum absolute atomic E-state index is 0.188. The van der Waals surface area contributed by atoms with Gasteiger partial charge < -0.3 is 14.5 Å². The van der Waals surface area contributed by atoms with Crippen molar-refractivity contribution in [2.24, 2.45) is 0 Å². The van der Waals surface area contributed by atoms with E-state index < -0.39 is 0 Å². The molecule has 6 rings (SSSR count). The van der Waals surface area contributed by atoms with Crippen LogP contribution in [0.2, 0.25) is 5.02 Å². The molecule has 0 radical (unpaired) electrons. The number of benzene rings is 2. The van der Waals surface area contributed by atoms with Gasteiger partial charge in [-0.25, -0.2) is 19.3 Å². The van der Waals surface area contributed by atoms with E-state index in [2.05, 4.69) is 44.7 Å². The Hall–Kier alpha value is -3.71. The first-order valence-corrected chi connectivity index (χ1v) is 13.2. The number of anilines is 1. The normalized spacial score (nSPS) is 14.8. The van der Waals surface area contributed by atoms with Crippen LogP contribution >= 0.6 is 11.6 Å². The van der Waals surface area contributed by atoms with E-state index in [1.807, 2.05) is 18.2 Å². The average molecular weight is 515 g/mol. The Bertz CT molecular complexity index is 1550. The van der Waals surface area contributed by atoms with Crippen LogP contribution in [-0.4, -0.2) is 30.6 Å². The molecule has 0 saturated heterocycles. The van der Waals surface area contributed by atoms with Crippen molar-refractivity contribution < 1.29 is 4.39 Å². The summed E-state index contributed by atoms with van der Waals surface area (Å²) >= 11 is 6.32. The number of fused-ring (bicyclic) bond motifs is 2. The molecule has 1 atom stereocenters. The number of imidazole rings is 1. The molecule has 188 valence electrons. The summed E-state index contributed by atoms with van der Waals surface area (Å²) < 4.78 is 18.3. The molecule has 8 heteroatoms. The molecular weight excluding hydrogens is 487 g/mol. The summed E-state index contributed by atoms with van der Waals surface area (Å²) in [5.74, 6) is 1.36. The molecule has 4 heterocycles. The van der Waals surface area contributed by atoms with E-state index >= 15 is 0 Å². The highest BCUT2D eigenvalue weighted by molar-refractivity contribution is 6.31. The van der Waals surface area contributed by atoms with Crippen LogP contribution in [0.3, 0.4) is 0 Å². The molecule has 37 heavy (non-hydrogen) atoms. The molecule has 0 spiro atoms. The first kappa shape index (κ1) is 23.7. The molecule has 3 aromatic heterocycles. The lowest BCUT2D eigenvalue weighted by Gasteiger charge is -2.19. The highest BCUT2D eigenvalue weighted by Gasteiger charge is 2.31. The van der Waals surface area contributed by atoms with Gasteiger partial charge in [0.25, 0.3) is 0 Å². The van der Waals surface area contributed by atoms with Crippen LogP contribution < -0.4 is 5.32 Å². The average Bonchev–Trinajstić information content (AvgIpc) is 3.59. The fourth-order valence-corrected chi connectivity index (χ4v) is 5.36. The summed E-state index contributed by atoms with van der Waals surface area (Å²) in [6.07, 6.45) is 7.90. The number of hydrogen-bond acceptors (Lipinski definition) is 4. The van der Waals surface area contributed by atoms with Crippen LogP contribution in [0.25, 0.3) is 33.5 Å². The summed E-state index contributed by atoms with van der Waals surface area (Å²) in [7, 11) is 0. The fourth-order valence-electron chi connectivity index (χ4n) is 5.20. The van der Waals surface area contributed by atoms with Gasteiger partial charge in [-0.15, -0.1) is 0 Å². The molecular formula is C29H28ClFN6. The van der Waals surface area contributed by atoms with Crippen LogP contribution in [-0.2, 0) is 13.0 Å². The Morgan fingerprint density at radius 3 is 2.78 bits per heavy atom. The zero-order valence-electron chi connectivity index (χ0n) is 20.7. The van der Waals surface area contributed by atoms with Crippen LogP contribution in [0.4, 0.5) is 10.3 Å². The molecule has 0 fully saturated rings. The second kappa shape index (κ2) is 9.98. The molecule has 1 N–H and O–H groups in total. The van der Waals surface area contributed by atoms with Crippen LogP contribution in [0.1, 0.15) is 38.1 Å². The summed E-state index contributed by atoms with van der Waals surface area (Å²) in [5.41, 5.74) is 4.55. The third-order valence-corrected chi connectivity index (χ3v) is 7.26. The van der Waals surface area contributed by atoms with Crippen molar-refractivity contribution in [1.29, 1.82) is 0 Å². The van der Waals surface area contributed by atoms with Gasteiger partial charge in [-0.1, -0.05) is 31.0 Å². The maximum Gasteiger partial charge on any atom is 0.223 e. The molecule has 1 aliphatic rings. The number of nitrogens with zero attached hydrogens (tertiary/aromatic N) is 5. The third-order valence-electron chi connectivity index (χ3n) is 7.02. The highest BCUT2D eigenvalue weighted by atomic mass is 35.5. The van der Waals surface area contributed by atoms with Gasteiger partial charge in [0.2, 0.25) is 5.95 Å². The fraction of sp³-hybridized carbons (Fsp3) is 0.276. The molecule has 2 aromatic carbocycles. The van der Waals surface area contributed by atoms with Gasteiger partial charge in [0.15, 0.2) is 0 Å². The zero-order valence-corrected chi connectivity index (χ0v) is 21.4. The quantitative estimate of drug-likeness (QED) is 0.223. The number of nitrogens with one attached hydrogen (secondary N) is 1. The van der Waals surface area contributed by atoms with Crippen molar-refractivity contribution in [1.82, 2.24) is 24.1 Å². The second-order valence-corrected chi connectivity index (χ2v) is 9.95. The predicted octanol–water partition coefficient (Wildman–Crippen LogP) is 7.15. The van der Waals surface area contributed by atoms with Gasteiger partial charge in [0.1, 0.15) is 11.6 Å². The minimum atomic E-state index is -0.266. The van der Waals surface area contributed by atoms with Crippen LogP contribution in [0.5, 0.6) is 0 Å². The molecule has 6 nitrogen and oxygen atoms in total. The van der Waals surface area contributed by atoms with E-state index in [0.717, 1.165) is 77.8 Å². The Kier molecular flexibility index (Phi) is 6.38. The number of aromatic nitrogens is 5. The second-order valence-electron chi connectivity index (χ2n) is 9.51. The summed E-state index contributed by atoms with van der Waals surface area (Å²) in [6.45, 7) is 3.77. The maximum atomic E-state index is 13.8. The van der Waals surface area contributed by atoms with E-state index in [0.29, 0.717) is 5.95 Å². The minimum Gasteiger partial charge on any atom is -0.354 e. The number of rotatable bonds is 8. The van der Waals surface area contributed by atoms with Gasteiger partial charge in [-0.3, -0.25) is 0 Å². The SMILES string of the molecule is CCCCNc1nccc(-c2c(-c3ccc(F)cc3)nc3n2[C@H](Cn2ccc4ccc(Cl)cc42)CC3)n1. The van der Waals surface area contributed by atoms with Crippen molar-refractivity contribution in [2.45, 2.75) is 45.2 Å². The molecule has 0 unspecified atom stereocenters. The van der Waals surface area contributed by atoms with Gasteiger partial charge >= 0.3 is 0 Å². The Balaban J connectivity index is 1.44. The Morgan fingerprint density at radius 2 is 1.95 bits per heavy atom. The van der Waals surface area contributed by atoms with Gasteiger partial charge in [0.05, 0.1) is 23.1 Å². The summed E-state index contributed by atoms with van der Waals surface area (Å²) in [6, 6.07) is 16.8. The first-order chi connectivity index (χ1) is 18.1. The highest BCUT2D eigenvalue weighted by Crippen LogP contribution is 2.40. The maximum absolute atomic E-state index is 13.8. The van der Waals surface area contributed by atoms with Gasteiger partial charge in [0, 0.05) is 48.0 Å². The third kappa shape index (κ3) is 4.60. The van der Waals surface area contributed by atoms with Crippen molar-refractivity contribution in [3.8, 4) is 22.6 Å². The predicted molar refractivity (Wildman–Crippen MR) is 146 cm³/mol. The van der Waals surface area contributed by atoms with Crippen molar-refractivity contribution in [3.05, 3.63) is 83.7 Å². The zero-order chi connectivity index (χ0) is 25.4. The largest absolute Gasteiger partial charge is 0.354 e. The van der Waals surface area contributed by atoms with Crippen molar-refractivity contribution >= 4 is 28.5 Å². The molecule has 0 bridgehead atoms. The summed E-state index contributed by atoms with van der Waals surface area (Å²) in [4.78, 5) is 14.4. The van der Waals surface area contributed by atoms with Gasteiger partial charge in [-0.05, 0) is 66.8 Å². The molecule has 0 amide bonds. The van der Waals surface area contributed by atoms with Crippen molar-refractivity contribution in [3.63, 3.8) is 0 Å². The molecule has 1 aliphatic heterocycles. The standard InChI is InChI=1S/C29H28ClFN6/c1-2-3-14-32-29-33-15-12-24(34-29)28-27(20-5-8-22(31)9-6-20)35-26-11-10-23(37(26)28)18-36-16-13-19-4-7-21(30)17-25(19)36/h4-9,12-13,15-17,23H,2-3,10-11,14,18H2,1H3,(H,32,33,34)/t23-/m0/s1. The Labute approximate surface area is 220 Å². The lowest BCUT2D eigenvalue weighted by molar-refractivity contribution is 0.459. The van der Waals surface area contributed by atoms with E-state index in [1.165, 1.54) is 17.5 Å². The van der Waals surface area contributed by atoms with E-state index in [4.69, 9.17) is 21.6 Å². The smallest absolute Gasteiger partial charge is 0.223 e. The lowest BCUT2D eigenvalue weighted by Crippen LogP contribution is -2.14. The Morgan fingerprint density at radius 1 is 1.08 bits per heavy atom. The first-order valence-electron chi connectivity index (χ1n) is 12.8.